The number of likely N-dealkylation sites (N-methyl/N-ethyl adjacent to an activating group) is 1. The van der Waals surface area contributed by atoms with Gasteiger partial charge in [0.2, 0.25) is 11.8 Å². The Morgan fingerprint density at radius 3 is 2.53 bits per heavy atom. The molecule has 10 rings (SSSR count). The number of hydrogen-bond acceptors (Lipinski definition) is 11. The summed E-state index contributed by atoms with van der Waals surface area (Å²) in [6.45, 7) is 6.24. The van der Waals surface area contributed by atoms with Gasteiger partial charge >= 0.3 is 6.03 Å². The van der Waals surface area contributed by atoms with Crippen molar-refractivity contribution >= 4 is 52.0 Å². The quantitative estimate of drug-likeness (QED) is 0.207. The monoisotopic (exact) mass is 786 g/mol. The molecule has 1 saturated carbocycles. The van der Waals surface area contributed by atoms with Gasteiger partial charge in [0.1, 0.15) is 11.5 Å². The number of benzene rings is 2. The molecule has 5 fully saturated rings. The summed E-state index contributed by atoms with van der Waals surface area (Å²) in [4.78, 5) is 67.2. The normalized spacial score (nSPS) is 27.4. The molecule has 0 radical (unpaired) electrons. The van der Waals surface area contributed by atoms with Gasteiger partial charge in [-0.15, -0.1) is 0 Å². The van der Waals surface area contributed by atoms with Crippen LogP contribution in [-0.2, 0) is 22.4 Å². The Balaban J connectivity index is 0.745. The van der Waals surface area contributed by atoms with Crippen molar-refractivity contribution in [3.05, 3.63) is 70.7 Å². The molecule has 15 heteroatoms. The van der Waals surface area contributed by atoms with Crippen molar-refractivity contribution in [1.29, 1.82) is 0 Å². The van der Waals surface area contributed by atoms with Crippen LogP contribution in [0.1, 0.15) is 83.2 Å². The van der Waals surface area contributed by atoms with Crippen molar-refractivity contribution in [3.8, 4) is 0 Å². The zero-order valence-corrected chi connectivity index (χ0v) is 32.9. The van der Waals surface area contributed by atoms with Crippen LogP contribution in [0.4, 0.5) is 22.1 Å². The molecule has 58 heavy (non-hydrogen) atoms. The Bertz CT molecular complexity index is 2280. The molecule has 4 unspecified atom stereocenters. The average molecular weight is 787 g/mol. The van der Waals surface area contributed by atoms with E-state index >= 15 is 0 Å². The average Bonchev–Trinajstić information content (AvgIpc) is 4.05. The van der Waals surface area contributed by atoms with Gasteiger partial charge in [0.15, 0.2) is 17.1 Å². The van der Waals surface area contributed by atoms with Crippen molar-refractivity contribution in [2.75, 3.05) is 63.1 Å². The van der Waals surface area contributed by atoms with Gasteiger partial charge in [-0.2, -0.15) is 0 Å². The summed E-state index contributed by atoms with van der Waals surface area (Å²) >= 11 is 0. The first kappa shape index (κ1) is 36.7. The highest BCUT2D eigenvalue weighted by molar-refractivity contribution is 6.02. The van der Waals surface area contributed by atoms with E-state index in [-0.39, 0.29) is 29.6 Å². The summed E-state index contributed by atoms with van der Waals surface area (Å²) in [6.07, 6.45) is 8.58. The van der Waals surface area contributed by atoms with Crippen molar-refractivity contribution in [2.45, 2.75) is 69.2 Å². The lowest BCUT2D eigenvalue weighted by Crippen LogP contribution is -2.49. The minimum atomic E-state index is -0.642. The molecule has 6 heterocycles. The predicted octanol–water partition coefficient (Wildman–Crippen LogP) is 4.16. The smallest absolute Gasteiger partial charge is 0.320 e. The van der Waals surface area contributed by atoms with Gasteiger partial charge in [-0.05, 0) is 97.9 Å². The largest absolute Gasteiger partial charge is 0.364 e. The molecule has 4 aromatic rings. The molecule has 4 N–H and O–H groups in total. The molecule has 2 aliphatic carbocycles. The predicted molar refractivity (Wildman–Crippen MR) is 216 cm³/mol. The fourth-order valence-corrected chi connectivity index (χ4v) is 10.9. The highest BCUT2D eigenvalue weighted by Gasteiger charge is 2.42. The maximum absolute atomic E-state index is 12.7. The second-order valence-electron chi connectivity index (χ2n) is 17.5. The number of carbonyl (C=O) groups is 4. The number of nitrogens with one attached hydrogen (secondary N) is 2. The molecule has 0 spiro atoms. The zero-order chi connectivity index (χ0) is 39.7. The molecular formula is C43H50N10O5. The maximum Gasteiger partial charge on any atom is 0.320 e. The Labute approximate surface area is 336 Å². The van der Waals surface area contributed by atoms with Gasteiger partial charge < -0.3 is 35.2 Å². The first-order valence-corrected chi connectivity index (χ1v) is 20.9. The summed E-state index contributed by atoms with van der Waals surface area (Å²) in [7, 11) is 1.84. The van der Waals surface area contributed by atoms with E-state index in [0.717, 1.165) is 81.6 Å². The van der Waals surface area contributed by atoms with Crippen LogP contribution >= 0.6 is 0 Å². The zero-order valence-electron chi connectivity index (χ0n) is 32.9. The van der Waals surface area contributed by atoms with Gasteiger partial charge in [-0.25, -0.2) is 14.8 Å². The van der Waals surface area contributed by atoms with Gasteiger partial charge in [0, 0.05) is 75.9 Å². The molecule has 2 aromatic heterocycles. The van der Waals surface area contributed by atoms with Crippen molar-refractivity contribution in [3.63, 3.8) is 0 Å². The number of urea groups is 1. The van der Waals surface area contributed by atoms with Crippen molar-refractivity contribution < 1.29 is 23.7 Å². The summed E-state index contributed by atoms with van der Waals surface area (Å²) in [5.41, 5.74) is 12.0. The van der Waals surface area contributed by atoms with Gasteiger partial charge in [0.25, 0.3) is 5.91 Å². The number of primary amides is 1. The van der Waals surface area contributed by atoms with E-state index in [2.05, 4.69) is 60.9 Å². The summed E-state index contributed by atoms with van der Waals surface area (Å²) in [5.74, 6) is 1.76. The molecule has 0 bridgehead atoms. The fraction of sp³-hybridized carbons (Fsp3) is 0.512. The van der Waals surface area contributed by atoms with Crippen LogP contribution in [0.15, 0.2) is 47.1 Å². The number of anilines is 3. The van der Waals surface area contributed by atoms with E-state index in [9.17, 15) is 19.2 Å². The fourth-order valence-electron chi connectivity index (χ4n) is 10.9. The summed E-state index contributed by atoms with van der Waals surface area (Å²) < 4.78 is 5.89. The Kier molecular flexibility index (Phi) is 9.29. The van der Waals surface area contributed by atoms with E-state index in [1.54, 1.807) is 11.1 Å². The van der Waals surface area contributed by atoms with Gasteiger partial charge in [-0.1, -0.05) is 23.4 Å². The van der Waals surface area contributed by atoms with Crippen LogP contribution < -0.4 is 21.3 Å². The molecule has 2 aromatic carbocycles. The van der Waals surface area contributed by atoms with Gasteiger partial charge in [-0.3, -0.25) is 19.7 Å². The second kappa shape index (κ2) is 14.7. The molecule has 15 nitrogen and oxygen atoms in total. The molecule has 302 valence electrons. The van der Waals surface area contributed by atoms with Crippen LogP contribution in [0.3, 0.4) is 0 Å². The van der Waals surface area contributed by atoms with Crippen LogP contribution in [-0.4, -0.2) is 112 Å². The Morgan fingerprint density at radius 2 is 1.79 bits per heavy atom. The number of nitrogens with two attached hydrogens (primary N) is 1. The van der Waals surface area contributed by atoms with Crippen LogP contribution in [0.25, 0.3) is 11.0 Å². The number of piperidine rings is 2. The third-order valence-electron chi connectivity index (χ3n) is 13.8. The lowest BCUT2D eigenvalue weighted by atomic mass is 9.92. The van der Waals surface area contributed by atoms with E-state index in [0.29, 0.717) is 60.4 Å². The second-order valence-corrected chi connectivity index (χ2v) is 17.5. The highest BCUT2D eigenvalue weighted by atomic mass is 16.5. The van der Waals surface area contributed by atoms with E-state index in [1.807, 2.05) is 18.0 Å². The minimum absolute atomic E-state index is 0.0724. The molecule has 6 aliphatic rings. The van der Waals surface area contributed by atoms with Crippen LogP contribution in [0.2, 0.25) is 0 Å². The molecule has 5 atom stereocenters. The maximum atomic E-state index is 12.7. The number of carbonyl (C=O) groups excluding carboxylic acids is 4. The minimum Gasteiger partial charge on any atom is -0.364 e. The van der Waals surface area contributed by atoms with Gasteiger partial charge in [0.05, 0.1) is 18.2 Å². The summed E-state index contributed by atoms with van der Waals surface area (Å²) in [6, 6.07) is 12.9. The third kappa shape index (κ3) is 6.72. The van der Waals surface area contributed by atoms with Crippen LogP contribution in [0.5, 0.6) is 0 Å². The highest BCUT2D eigenvalue weighted by Crippen LogP contribution is 2.47. The van der Waals surface area contributed by atoms with Crippen LogP contribution in [0, 0.1) is 17.8 Å². The lowest BCUT2D eigenvalue weighted by molar-refractivity contribution is -0.134. The molecular weight excluding hydrogens is 737 g/mol. The Morgan fingerprint density at radius 1 is 0.983 bits per heavy atom. The number of hydrogen-bond donors (Lipinski definition) is 3. The number of rotatable bonds is 9. The van der Waals surface area contributed by atoms with Crippen molar-refractivity contribution in [1.82, 2.24) is 35.1 Å². The first-order chi connectivity index (χ1) is 28.1. The van der Waals surface area contributed by atoms with E-state index in [1.165, 1.54) is 29.5 Å². The number of fused-ring (bicyclic) bond motifs is 4. The standard InChI is InChI=1S/C43H50N10O5/c1-50-13-14-53(43(50)57)31-3-2-12-52(23-31)35-19-45-38(40(44)55)41(47-35)46-30-7-4-25(5-8-30)27-17-28-21-51(22-29(28)18-27)20-24-15-26-6-9-32-37(49-58-39(32)34(26)16-24)33-10-11-36(54)48-42(33)56/h4-9,19,24,27-29,31,33H,2-3,10-18,20-23H2,1H3,(H2,44,55)(H,46,47)(H,48,54,56)/t24?,27?,28?,29?,31-,33?/m1/s1. The number of likely N-dealkylation sites (tertiary alicyclic amines) is 1. The SMILES string of the molecule is CN1CCN([C@@H]2CCCN(c3cnc(C(N)=O)c(Nc4ccc(C5CC6CN(CC7Cc8ccc9c(C%10CCC(=O)NC%10=O)noc9c8C7)CC6C5)cc4)n3)C2)C1=O. The molecule has 4 aliphatic heterocycles. The van der Waals surface area contributed by atoms with E-state index in [4.69, 9.17) is 15.2 Å². The van der Waals surface area contributed by atoms with Crippen molar-refractivity contribution in [2.24, 2.45) is 23.5 Å². The number of amides is 5. The topological polar surface area (TPSA) is 183 Å². The molecule has 5 amide bonds. The Hall–Kier alpha value is -5.57. The first-order valence-electron chi connectivity index (χ1n) is 20.9. The lowest BCUT2D eigenvalue weighted by Gasteiger charge is -2.37. The third-order valence-corrected chi connectivity index (χ3v) is 13.8. The number of aromatic nitrogens is 3. The molecule has 4 saturated heterocycles. The number of imide groups is 1. The van der Waals surface area contributed by atoms with E-state index < -0.39 is 11.8 Å². The summed E-state index contributed by atoms with van der Waals surface area (Å²) in [5, 5.41) is 11.0. The number of nitrogens with zero attached hydrogens (tertiary/aromatic N) is 7.